The Kier molecular flexibility index (Phi) is 5.40. The second kappa shape index (κ2) is 6.36. The van der Waals surface area contributed by atoms with Gasteiger partial charge in [0.25, 0.3) is 0 Å². The predicted octanol–water partition coefficient (Wildman–Crippen LogP) is 1.17. The highest BCUT2D eigenvalue weighted by molar-refractivity contribution is 5.82. The van der Waals surface area contributed by atoms with Crippen LogP contribution in [0.1, 0.15) is 52.4 Å². The number of nitrogens with one attached hydrogen (secondary N) is 1. The zero-order chi connectivity index (χ0) is 12.9. The van der Waals surface area contributed by atoms with Gasteiger partial charge >= 0.3 is 0 Å². The fourth-order valence-corrected chi connectivity index (χ4v) is 2.41. The van der Waals surface area contributed by atoms with Crippen molar-refractivity contribution in [3.05, 3.63) is 0 Å². The average Bonchev–Trinajstić information content (AvgIpc) is 2.37. The maximum atomic E-state index is 12.0. The third-order valence-corrected chi connectivity index (χ3v) is 4.06. The molecule has 1 rings (SSSR count). The van der Waals surface area contributed by atoms with Gasteiger partial charge in [0.1, 0.15) is 0 Å². The Morgan fingerprint density at radius 3 is 2.47 bits per heavy atom. The molecule has 4 nitrogen and oxygen atoms in total. The lowest BCUT2D eigenvalue weighted by Crippen LogP contribution is -2.57. The first kappa shape index (κ1) is 14.5. The van der Waals surface area contributed by atoms with Crippen LogP contribution < -0.4 is 11.1 Å². The number of aliphatic hydroxyl groups is 1. The van der Waals surface area contributed by atoms with E-state index in [0.29, 0.717) is 0 Å². The van der Waals surface area contributed by atoms with Crippen molar-refractivity contribution in [2.75, 3.05) is 6.61 Å². The summed E-state index contributed by atoms with van der Waals surface area (Å²) >= 11 is 0. The summed E-state index contributed by atoms with van der Waals surface area (Å²) < 4.78 is 0. The number of rotatable bonds is 5. The summed E-state index contributed by atoms with van der Waals surface area (Å²) in [4.78, 5) is 12.0. The van der Waals surface area contributed by atoms with Crippen LogP contribution in [-0.2, 0) is 4.79 Å². The van der Waals surface area contributed by atoms with Crippen molar-refractivity contribution >= 4 is 5.91 Å². The molecule has 1 amide bonds. The van der Waals surface area contributed by atoms with Crippen molar-refractivity contribution in [2.24, 2.45) is 11.7 Å². The van der Waals surface area contributed by atoms with E-state index < -0.39 is 11.6 Å². The molecule has 0 aliphatic heterocycles. The van der Waals surface area contributed by atoms with Crippen LogP contribution in [0, 0.1) is 5.92 Å². The first-order valence-corrected chi connectivity index (χ1v) is 6.73. The van der Waals surface area contributed by atoms with E-state index in [1.807, 2.05) is 13.8 Å². The van der Waals surface area contributed by atoms with E-state index >= 15 is 0 Å². The summed E-state index contributed by atoms with van der Waals surface area (Å²) in [6, 6.07) is -0.467. The molecule has 0 bridgehead atoms. The molecular weight excluding hydrogens is 216 g/mol. The second-order valence-corrected chi connectivity index (χ2v) is 5.40. The van der Waals surface area contributed by atoms with Crippen LogP contribution in [0.25, 0.3) is 0 Å². The van der Waals surface area contributed by atoms with Crippen molar-refractivity contribution in [1.82, 2.24) is 5.32 Å². The minimum atomic E-state index is -0.467. The van der Waals surface area contributed by atoms with Crippen molar-refractivity contribution < 1.29 is 9.90 Å². The summed E-state index contributed by atoms with van der Waals surface area (Å²) in [5.41, 5.74) is 5.49. The molecule has 2 atom stereocenters. The number of aliphatic hydroxyl groups excluding tert-OH is 1. The molecular formula is C13H26N2O2. The lowest BCUT2D eigenvalue weighted by Gasteiger charge is -2.37. The average molecular weight is 242 g/mol. The molecule has 1 saturated carbocycles. The third-order valence-electron chi connectivity index (χ3n) is 4.06. The van der Waals surface area contributed by atoms with Gasteiger partial charge in [0.2, 0.25) is 5.91 Å². The van der Waals surface area contributed by atoms with Crippen LogP contribution in [0.5, 0.6) is 0 Å². The van der Waals surface area contributed by atoms with Gasteiger partial charge in [0, 0.05) is 0 Å². The smallest absolute Gasteiger partial charge is 0.237 e. The number of amides is 1. The van der Waals surface area contributed by atoms with Gasteiger partial charge in [0.15, 0.2) is 0 Å². The summed E-state index contributed by atoms with van der Waals surface area (Å²) in [7, 11) is 0. The Morgan fingerprint density at radius 1 is 1.41 bits per heavy atom. The highest BCUT2D eigenvalue weighted by Gasteiger charge is 2.34. The maximum Gasteiger partial charge on any atom is 0.237 e. The topological polar surface area (TPSA) is 75.4 Å². The second-order valence-electron chi connectivity index (χ2n) is 5.40. The largest absolute Gasteiger partial charge is 0.394 e. The molecule has 1 aliphatic carbocycles. The first-order valence-electron chi connectivity index (χ1n) is 6.73. The van der Waals surface area contributed by atoms with E-state index in [2.05, 4.69) is 5.32 Å². The number of carbonyl (C=O) groups excluding carboxylic acids is 1. The molecule has 0 heterocycles. The normalized spacial score (nSPS) is 22.8. The highest BCUT2D eigenvalue weighted by Crippen LogP contribution is 2.28. The quantitative estimate of drug-likeness (QED) is 0.677. The Hall–Kier alpha value is -0.610. The van der Waals surface area contributed by atoms with E-state index in [0.717, 1.165) is 32.1 Å². The van der Waals surface area contributed by atoms with Crippen LogP contribution in [0.3, 0.4) is 0 Å². The molecule has 0 aromatic heterocycles. The van der Waals surface area contributed by atoms with Crippen LogP contribution in [0.15, 0.2) is 0 Å². The maximum absolute atomic E-state index is 12.0. The van der Waals surface area contributed by atoms with Crippen LogP contribution in [0.4, 0.5) is 0 Å². The molecule has 0 saturated heterocycles. The number of nitrogens with two attached hydrogens (primary N) is 1. The Labute approximate surface area is 104 Å². The zero-order valence-electron chi connectivity index (χ0n) is 11.0. The SMILES string of the molecule is CCC(C)[C@H](N)C(=O)NC1(CO)CCCCC1. The standard InChI is InChI=1S/C13H26N2O2/c1-3-10(2)11(14)12(17)15-13(9-16)7-5-4-6-8-13/h10-11,16H,3-9,14H2,1-2H3,(H,15,17)/t10?,11-/m0/s1. The summed E-state index contributed by atoms with van der Waals surface area (Å²) in [5.74, 6) is 0.0598. The van der Waals surface area contributed by atoms with Gasteiger partial charge < -0.3 is 16.2 Å². The molecule has 0 aromatic rings. The Bertz CT molecular complexity index is 250. The Balaban J connectivity index is 2.58. The highest BCUT2D eigenvalue weighted by atomic mass is 16.3. The number of carbonyl (C=O) groups is 1. The van der Waals surface area contributed by atoms with Gasteiger partial charge in [-0.2, -0.15) is 0 Å². The van der Waals surface area contributed by atoms with E-state index in [1.54, 1.807) is 0 Å². The number of hydrogen-bond acceptors (Lipinski definition) is 3. The molecule has 1 aliphatic rings. The van der Waals surface area contributed by atoms with Gasteiger partial charge in [-0.1, -0.05) is 39.5 Å². The molecule has 1 unspecified atom stereocenters. The lowest BCUT2D eigenvalue weighted by molar-refractivity contribution is -0.126. The van der Waals surface area contributed by atoms with E-state index in [9.17, 15) is 9.90 Å². The summed E-state index contributed by atoms with van der Waals surface area (Å²) in [6.07, 6.45) is 5.94. The van der Waals surface area contributed by atoms with E-state index in [-0.39, 0.29) is 18.4 Å². The molecule has 100 valence electrons. The molecule has 1 fully saturated rings. The molecule has 0 radical (unpaired) electrons. The van der Waals surface area contributed by atoms with Crippen LogP contribution in [-0.4, -0.2) is 29.2 Å². The van der Waals surface area contributed by atoms with Gasteiger partial charge in [-0.15, -0.1) is 0 Å². The van der Waals surface area contributed by atoms with Crippen molar-refractivity contribution in [1.29, 1.82) is 0 Å². The van der Waals surface area contributed by atoms with Crippen LogP contribution >= 0.6 is 0 Å². The van der Waals surface area contributed by atoms with Gasteiger partial charge in [-0.3, -0.25) is 4.79 Å². The minimum absolute atomic E-state index is 0.0198. The fourth-order valence-electron chi connectivity index (χ4n) is 2.41. The molecule has 4 N–H and O–H groups in total. The van der Waals surface area contributed by atoms with E-state index in [4.69, 9.17) is 5.73 Å². The van der Waals surface area contributed by atoms with Crippen LogP contribution in [0.2, 0.25) is 0 Å². The van der Waals surface area contributed by atoms with Crippen molar-refractivity contribution in [3.8, 4) is 0 Å². The minimum Gasteiger partial charge on any atom is -0.394 e. The van der Waals surface area contributed by atoms with Gasteiger partial charge in [0.05, 0.1) is 18.2 Å². The number of hydrogen-bond donors (Lipinski definition) is 3. The first-order chi connectivity index (χ1) is 8.04. The molecule has 0 aromatic carbocycles. The lowest BCUT2D eigenvalue weighted by atomic mass is 9.82. The summed E-state index contributed by atoms with van der Waals surface area (Å²) in [5, 5.41) is 12.5. The molecule has 0 spiro atoms. The Morgan fingerprint density at radius 2 is 2.00 bits per heavy atom. The molecule has 4 heteroatoms. The van der Waals surface area contributed by atoms with Crippen molar-refractivity contribution in [2.45, 2.75) is 64.0 Å². The fraction of sp³-hybridized carbons (Fsp3) is 0.923. The third kappa shape index (κ3) is 3.68. The monoisotopic (exact) mass is 242 g/mol. The van der Waals surface area contributed by atoms with Crippen molar-refractivity contribution in [3.63, 3.8) is 0 Å². The van der Waals surface area contributed by atoms with E-state index in [1.165, 1.54) is 6.42 Å². The van der Waals surface area contributed by atoms with Gasteiger partial charge in [-0.25, -0.2) is 0 Å². The van der Waals surface area contributed by atoms with Gasteiger partial charge in [-0.05, 0) is 18.8 Å². The predicted molar refractivity (Wildman–Crippen MR) is 68.5 cm³/mol. The zero-order valence-corrected chi connectivity index (χ0v) is 11.0. The molecule has 17 heavy (non-hydrogen) atoms. The summed E-state index contributed by atoms with van der Waals surface area (Å²) in [6.45, 7) is 4.03.